The molecule has 100 valence electrons. The molecular formula is C13H20N2O2S. The smallest absolute Gasteiger partial charge is 0.241 e. The van der Waals surface area contributed by atoms with Gasteiger partial charge in [-0.2, -0.15) is 0 Å². The number of hydrogen-bond donors (Lipinski definition) is 2. The third-order valence-corrected chi connectivity index (χ3v) is 4.48. The fourth-order valence-corrected chi connectivity index (χ4v) is 3.25. The van der Waals surface area contributed by atoms with Crippen LogP contribution < -0.4 is 10.0 Å². The van der Waals surface area contributed by atoms with E-state index in [9.17, 15) is 8.42 Å². The molecule has 0 heterocycles. The molecule has 5 heteroatoms. The molecule has 1 aliphatic carbocycles. The molecule has 0 aliphatic heterocycles. The van der Waals surface area contributed by atoms with Crippen molar-refractivity contribution in [3.05, 3.63) is 29.8 Å². The molecule has 0 bridgehead atoms. The Bertz CT molecular complexity index is 507. The zero-order valence-corrected chi connectivity index (χ0v) is 11.6. The first-order chi connectivity index (χ1) is 8.49. The van der Waals surface area contributed by atoms with Crippen LogP contribution in [-0.4, -0.2) is 20.5 Å². The van der Waals surface area contributed by atoms with Crippen LogP contribution in [-0.2, 0) is 16.6 Å². The van der Waals surface area contributed by atoms with Gasteiger partial charge in [0.05, 0.1) is 4.90 Å². The van der Waals surface area contributed by atoms with E-state index in [1.807, 2.05) is 26.0 Å². The lowest BCUT2D eigenvalue weighted by molar-refractivity contribution is 0.567. The second kappa shape index (κ2) is 5.38. The van der Waals surface area contributed by atoms with Crippen LogP contribution >= 0.6 is 0 Å². The molecule has 0 amide bonds. The molecule has 0 radical (unpaired) electrons. The van der Waals surface area contributed by atoms with Gasteiger partial charge in [-0.05, 0) is 24.5 Å². The van der Waals surface area contributed by atoms with Crippen molar-refractivity contribution in [3.63, 3.8) is 0 Å². The molecule has 2 N–H and O–H groups in total. The van der Waals surface area contributed by atoms with Crippen molar-refractivity contribution in [1.82, 2.24) is 10.0 Å². The van der Waals surface area contributed by atoms with Crippen LogP contribution in [0, 0.1) is 0 Å². The summed E-state index contributed by atoms with van der Waals surface area (Å²) in [7, 11) is -3.37. The van der Waals surface area contributed by atoms with Crippen LogP contribution in [0.4, 0.5) is 0 Å². The van der Waals surface area contributed by atoms with E-state index < -0.39 is 10.0 Å². The molecule has 0 atom stereocenters. The predicted molar refractivity (Wildman–Crippen MR) is 71.8 cm³/mol. The number of rotatable bonds is 6. The van der Waals surface area contributed by atoms with Crippen molar-refractivity contribution in [2.75, 3.05) is 0 Å². The Hall–Kier alpha value is -0.910. The lowest BCUT2D eigenvalue weighted by Crippen LogP contribution is -2.28. The molecule has 1 aliphatic rings. The highest BCUT2D eigenvalue weighted by Gasteiger charge is 2.28. The van der Waals surface area contributed by atoms with Crippen molar-refractivity contribution in [2.24, 2.45) is 0 Å². The van der Waals surface area contributed by atoms with E-state index in [0.717, 1.165) is 18.4 Å². The van der Waals surface area contributed by atoms with Crippen molar-refractivity contribution in [2.45, 2.75) is 50.2 Å². The maximum atomic E-state index is 12.2. The SMILES string of the molecule is CC(C)NCc1ccccc1S(=O)(=O)NC1CC1. The van der Waals surface area contributed by atoms with Gasteiger partial charge >= 0.3 is 0 Å². The summed E-state index contributed by atoms with van der Waals surface area (Å²) < 4.78 is 27.1. The number of sulfonamides is 1. The van der Waals surface area contributed by atoms with E-state index in [2.05, 4.69) is 10.0 Å². The normalized spacial score (nSPS) is 16.2. The molecule has 18 heavy (non-hydrogen) atoms. The Morgan fingerprint density at radius 3 is 2.56 bits per heavy atom. The largest absolute Gasteiger partial charge is 0.310 e. The molecular weight excluding hydrogens is 248 g/mol. The first-order valence-electron chi connectivity index (χ1n) is 6.32. The van der Waals surface area contributed by atoms with Crippen molar-refractivity contribution < 1.29 is 8.42 Å². The fourth-order valence-electron chi connectivity index (χ4n) is 1.71. The lowest BCUT2D eigenvalue weighted by Gasteiger charge is -2.13. The molecule has 0 unspecified atom stereocenters. The molecule has 0 aromatic heterocycles. The molecule has 1 aromatic rings. The average Bonchev–Trinajstić information content (AvgIpc) is 3.10. The van der Waals surface area contributed by atoms with Crippen LogP contribution in [0.1, 0.15) is 32.3 Å². The fraction of sp³-hybridized carbons (Fsp3) is 0.538. The van der Waals surface area contributed by atoms with Crippen LogP contribution in [0.25, 0.3) is 0 Å². The van der Waals surface area contributed by atoms with E-state index in [1.165, 1.54) is 0 Å². The van der Waals surface area contributed by atoms with Crippen LogP contribution in [0.5, 0.6) is 0 Å². The third kappa shape index (κ3) is 3.54. The standard InChI is InChI=1S/C13H20N2O2S/c1-10(2)14-9-11-5-3-4-6-13(11)18(16,17)15-12-7-8-12/h3-6,10,12,14-15H,7-9H2,1-2H3. The zero-order valence-electron chi connectivity index (χ0n) is 10.8. The van der Waals surface area contributed by atoms with Gasteiger partial charge in [0.25, 0.3) is 0 Å². The predicted octanol–water partition coefficient (Wildman–Crippen LogP) is 1.63. The monoisotopic (exact) mass is 268 g/mol. The van der Waals surface area contributed by atoms with Crippen molar-refractivity contribution in [1.29, 1.82) is 0 Å². The average molecular weight is 268 g/mol. The number of nitrogens with one attached hydrogen (secondary N) is 2. The minimum Gasteiger partial charge on any atom is -0.310 e. The summed E-state index contributed by atoms with van der Waals surface area (Å²) in [5.74, 6) is 0. The quantitative estimate of drug-likeness (QED) is 0.824. The van der Waals surface area contributed by atoms with Gasteiger partial charge in [-0.15, -0.1) is 0 Å². The molecule has 1 fully saturated rings. The minimum absolute atomic E-state index is 0.140. The minimum atomic E-state index is -3.37. The van der Waals surface area contributed by atoms with E-state index >= 15 is 0 Å². The first kappa shape index (κ1) is 13.5. The molecule has 4 nitrogen and oxygen atoms in total. The summed E-state index contributed by atoms with van der Waals surface area (Å²) >= 11 is 0. The number of hydrogen-bond acceptors (Lipinski definition) is 3. The molecule has 2 rings (SSSR count). The van der Waals surface area contributed by atoms with Crippen LogP contribution in [0.3, 0.4) is 0 Å². The highest BCUT2D eigenvalue weighted by molar-refractivity contribution is 7.89. The van der Waals surface area contributed by atoms with Crippen molar-refractivity contribution >= 4 is 10.0 Å². The summed E-state index contributed by atoms with van der Waals surface area (Å²) in [6.45, 7) is 4.65. The summed E-state index contributed by atoms with van der Waals surface area (Å²) in [6.07, 6.45) is 1.90. The Labute approximate surface area is 109 Å². The Morgan fingerprint density at radius 2 is 1.94 bits per heavy atom. The van der Waals surface area contributed by atoms with E-state index in [-0.39, 0.29) is 6.04 Å². The molecule has 1 saturated carbocycles. The molecule has 1 aromatic carbocycles. The second-order valence-corrected chi connectivity index (χ2v) is 6.72. The summed E-state index contributed by atoms with van der Waals surface area (Å²) in [5, 5.41) is 3.25. The Balaban J connectivity index is 2.20. The summed E-state index contributed by atoms with van der Waals surface area (Å²) in [6, 6.07) is 7.63. The third-order valence-electron chi connectivity index (χ3n) is 2.86. The van der Waals surface area contributed by atoms with Gasteiger partial charge in [0.15, 0.2) is 0 Å². The molecule has 0 saturated heterocycles. The van der Waals surface area contributed by atoms with Gasteiger partial charge < -0.3 is 5.32 Å². The first-order valence-corrected chi connectivity index (χ1v) is 7.81. The van der Waals surface area contributed by atoms with Gasteiger partial charge in [0.1, 0.15) is 0 Å². The van der Waals surface area contributed by atoms with E-state index in [0.29, 0.717) is 17.5 Å². The van der Waals surface area contributed by atoms with Gasteiger partial charge in [0, 0.05) is 18.6 Å². The summed E-state index contributed by atoms with van der Waals surface area (Å²) in [5.41, 5.74) is 0.819. The van der Waals surface area contributed by atoms with Gasteiger partial charge in [-0.25, -0.2) is 13.1 Å². The van der Waals surface area contributed by atoms with Gasteiger partial charge in [-0.3, -0.25) is 0 Å². The maximum absolute atomic E-state index is 12.2. The van der Waals surface area contributed by atoms with Crippen molar-refractivity contribution in [3.8, 4) is 0 Å². The van der Waals surface area contributed by atoms with Gasteiger partial charge in [-0.1, -0.05) is 32.0 Å². The van der Waals surface area contributed by atoms with Crippen LogP contribution in [0.2, 0.25) is 0 Å². The highest BCUT2D eigenvalue weighted by atomic mass is 32.2. The summed E-state index contributed by atoms with van der Waals surface area (Å²) in [4.78, 5) is 0.394. The number of benzene rings is 1. The highest BCUT2D eigenvalue weighted by Crippen LogP contribution is 2.23. The van der Waals surface area contributed by atoms with E-state index in [4.69, 9.17) is 0 Å². The second-order valence-electron chi connectivity index (χ2n) is 5.04. The van der Waals surface area contributed by atoms with Crippen LogP contribution in [0.15, 0.2) is 29.2 Å². The topological polar surface area (TPSA) is 58.2 Å². The zero-order chi connectivity index (χ0) is 13.2. The Kier molecular flexibility index (Phi) is 4.04. The Morgan fingerprint density at radius 1 is 1.28 bits per heavy atom. The maximum Gasteiger partial charge on any atom is 0.241 e. The molecule has 0 spiro atoms. The lowest BCUT2D eigenvalue weighted by atomic mass is 10.2. The van der Waals surface area contributed by atoms with Gasteiger partial charge in [0.2, 0.25) is 10.0 Å². The van der Waals surface area contributed by atoms with E-state index in [1.54, 1.807) is 12.1 Å².